The minimum atomic E-state index is -1.38. The Morgan fingerprint density at radius 2 is 1.67 bits per heavy atom. The third-order valence-electron chi connectivity index (χ3n) is 6.00. The average molecular weight is 594 g/mol. The van der Waals surface area contributed by atoms with Crippen LogP contribution in [0.15, 0.2) is 67.0 Å². The SMILES string of the molecule is Cc1ccc(F)c(NC(=O)Nc2ccc(Oc3ccnc(-c4cc(C(=O)NC(CCC(=O)O)C(=O)O)c[nH]4)c3)cc2F)c1. The van der Waals surface area contributed by atoms with Gasteiger partial charge in [-0.1, -0.05) is 6.07 Å². The van der Waals surface area contributed by atoms with Crippen LogP contribution in [0.1, 0.15) is 28.8 Å². The number of benzene rings is 2. The van der Waals surface area contributed by atoms with Gasteiger partial charge in [0.15, 0.2) is 0 Å². The molecule has 0 bridgehead atoms. The predicted octanol–water partition coefficient (Wildman–Crippen LogP) is 5.15. The number of nitrogens with zero attached hydrogens (tertiary/aromatic N) is 1. The van der Waals surface area contributed by atoms with E-state index in [-0.39, 0.29) is 34.9 Å². The zero-order valence-corrected chi connectivity index (χ0v) is 22.5. The zero-order valence-electron chi connectivity index (χ0n) is 22.5. The number of carbonyl (C=O) groups excluding carboxylic acids is 2. The number of halogens is 2. The van der Waals surface area contributed by atoms with Crippen LogP contribution in [0.2, 0.25) is 0 Å². The number of aliphatic carboxylic acids is 2. The maximum atomic E-state index is 14.7. The summed E-state index contributed by atoms with van der Waals surface area (Å²) in [5, 5.41) is 25.0. The van der Waals surface area contributed by atoms with Gasteiger partial charge < -0.3 is 35.9 Å². The largest absolute Gasteiger partial charge is 0.481 e. The minimum Gasteiger partial charge on any atom is -0.481 e. The van der Waals surface area contributed by atoms with Gasteiger partial charge >= 0.3 is 18.0 Å². The van der Waals surface area contributed by atoms with Crippen molar-refractivity contribution in [1.82, 2.24) is 15.3 Å². The molecule has 0 saturated heterocycles. The van der Waals surface area contributed by atoms with Gasteiger partial charge in [-0.2, -0.15) is 0 Å². The third-order valence-corrected chi connectivity index (χ3v) is 6.00. The number of ether oxygens (including phenoxy) is 1. The highest BCUT2D eigenvalue weighted by atomic mass is 19.1. The number of aromatic nitrogens is 2. The molecule has 2 aromatic carbocycles. The summed E-state index contributed by atoms with van der Waals surface area (Å²) in [5.41, 5.74) is 1.32. The Labute approximate surface area is 242 Å². The molecule has 222 valence electrons. The molecule has 4 aromatic rings. The number of pyridine rings is 1. The molecule has 0 saturated carbocycles. The van der Waals surface area contributed by atoms with E-state index in [4.69, 9.17) is 9.84 Å². The van der Waals surface area contributed by atoms with Gasteiger partial charge in [0.1, 0.15) is 29.2 Å². The maximum absolute atomic E-state index is 14.7. The summed E-state index contributed by atoms with van der Waals surface area (Å²) >= 11 is 0. The maximum Gasteiger partial charge on any atom is 0.326 e. The van der Waals surface area contributed by atoms with Crippen LogP contribution in [-0.2, 0) is 9.59 Å². The lowest BCUT2D eigenvalue weighted by atomic mass is 10.1. The fourth-order valence-electron chi connectivity index (χ4n) is 3.87. The molecular weight excluding hydrogens is 568 g/mol. The summed E-state index contributed by atoms with van der Waals surface area (Å²) in [6.45, 7) is 1.73. The lowest BCUT2D eigenvalue weighted by Gasteiger charge is -2.12. The van der Waals surface area contributed by atoms with Gasteiger partial charge in [0.05, 0.1) is 28.3 Å². The van der Waals surface area contributed by atoms with Gasteiger partial charge in [-0.05, 0) is 55.3 Å². The van der Waals surface area contributed by atoms with Crippen molar-refractivity contribution in [3.8, 4) is 22.9 Å². The molecule has 0 radical (unpaired) electrons. The third kappa shape index (κ3) is 8.13. The number of aromatic amines is 1. The van der Waals surface area contributed by atoms with Crippen LogP contribution in [0.5, 0.6) is 11.5 Å². The van der Waals surface area contributed by atoms with Gasteiger partial charge in [-0.3, -0.25) is 14.6 Å². The summed E-state index contributed by atoms with van der Waals surface area (Å²) in [4.78, 5) is 54.0. The summed E-state index contributed by atoms with van der Waals surface area (Å²) in [6.07, 6.45) is 2.03. The highest BCUT2D eigenvalue weighted by molar-refractivity contribution is 6.00. The Morgan fingerprint density at radius 3 is 2.40 bits per heavy atom. The van der Waals surface area contributed by atoms with Crippen molar-refractivity contribution in [2.45, 2.75) is 25.8 Å². The molecule has 0 aliphatic carbocycles. The van der Waals surface area contributed by atoms with Crippen LogP contribution in [0.3, 0.4) is 0 Å². The van der Waals surface area contributed by atoms with E-state index < -0.39 is 48.0 Å². The Hall–Kier alpha value is -5.79. The Bertz CT molecular complexity index is 1690. The van der Waals surface area contributed by atoms with Crippen LogP contribution >= 0.6 is 0 Å². The second kappa shape index (κ2) is 13.2. The topological polar surface area (TPSA) is 183 Å². The smallest absolute Gasteiger partial charge is 0.326 e. The van der Waals surface area contributed by atoms with Gasteiger partial charge in [-0.15, -0.1) is 0 Å². The minimum absolute atomic E-state index is 0.0543. The van der Waals surface area contributed by atoms with E-state index in [0.717, 1.165) is 11.6 Å². The fraction of sp³-hybridized carbons (Fsp3) is 0.138. The number of hydrogen-bond acceptors (Lipinski definition) is 6. The van der Waals surface area contributed by atoms with Gasteiger partial charge in [0.25, 0.3) is 5.91 Å². The van der Waals surface area contributed by atoms with E-state index in [1.807, 2.05) is 0 Å². The molecule has 0 aliphatic heterocycles. The number of carbonyl (C=O) groups is 4. The Balaban J connectivity index is 1.40. The first-order chi connectivity index (χ1) is 20.5. The molecule has 0 fully saturated rings. The normalized spacial score (nSPS) is 11.3. The molecule has 6 N–H and O–H groups in total. The van der Waals surface area contributed by atoms with Crippen LogP contribution in [-0.4, -0.2) is 50.1 Å². The first-order valence-electron chi connectivity index (χ1n) is 12.7. The van der Waals surface area contributed by atoms with Crippen molar-refractivity contribution >= 4 is 35.3 Å². The predicted molar refractivity (Wildman–Crippen MR) is 150 cm³/mol. The molecule has 2 heterocycles. The second-order valence-electron chi connectivity index (χ2n) is 9.28. The molecule has 1 atom stereocenters. The van der Waals surface area contributed by atoms with E-state index in [9.17, 15) is 33.1 Å². The highest BCUT2D eigenvalue weighted by Crippen LogP contribution is 2.28. The first-order valence-corrected chi connectivity index (χ1v) is 12.7. The number of anilines is 2. The monoisotopic (exact) mass is 593 g/mol. The molecule has 0 spiro atoms. The van der Waals surface area contributed by atoms with Crippen molar-refractivity contribution in [2.24, 2.45) is 0 Å². The van der Waals surface area contributed by atoms with Crippen molar-refractivity contribution in [3.05, 3.63) is 89.8 Å². The number of H-pyrrole nitrogens is 1. The van der Waals surface area contributed by atoms with Crippen molar-refractivity contribution in [2.75, 3.05) is 10.6 Å². The number of urea groups is 1. The van der Waals surface area contributed by atoms with Crippen molar-refractivity contribution < 1.29 is 42.9 Å². The summed E-state index contributed by atoms with van der Waals surface area (Å²) < 4.78 is 34.4. The van der Waals surface area contributed by atoms with Crippen LogP contribution in [0.4, 0.5) is 25.0 Å². The van der Waals surface area contributed by atoms with Gasteiger partial charge in [0, 0.05) is 30.9 Å². The van der Waals surface area contributed by atoms with E-state index in [2.05, 4.69) is 25.9 Å². The summed E-state index contributed by atoms with van der Waals surface area (Å²) in [5.74, 6) is -4.37. The molecule has 3 amide bonds. The van der Waals surface area contributed by atoms with Crippen molar-refractivity contribution in [1.29, 1.82) is 0 Å². The number of amides is 3. The van der Waals surface area contributed by atoms with Gasteiger partial charge in [0.2, 0.25) is 0 Å². The van der Waals surface area contributed by atoms with Crippen molar-refractivity contribution in [3.63, 3.8) is 0 Å². The molecule has 12 nitrogen and oxygen atoms in total. The van der Waals surface area contributed by atoms with E-state index in [1.54, 1.807) is 13.0 Å². The fourth-order valence-corrected chi connectivity index (χ4v) is 3.87. The molecule has 43 heavy (non-hydrogen) atoms. The van der Waals surface area contributed by atoms with Crippen LogP contribution in [0, 0.1) is 18.6 Å². The summed E-state index contributed by atoms with van der Waals surface area (Å²) in [6, 6.07) is 10.1. The summed E-state index contributed by atoms with van der Waals surface area (Å²) in [7, 11) is 0. The Kier molecular flexibility index (Phi) is 9.30. The highest BCUT2D eigenvalue weighted by Gasteiger charge is 2.22. The van der Waals surface area contributed by atoms with Gasteiger partial charge in [-0.25, -0.2) is 18.4 Å². The average Bonchev–Trinajstić information content (AvgIpc) is 3.45. The number of carboxylic acids is 2. The van der Waals surface area contributed by atoms with E-state index >= 15 is 0 Å². The molecule has 1 unspecified atom stereocenters. The number of rotatable bonds is 11. The molecule has 4 rings (SSSR count). The van der Waals surface area contributed by atoms with Crippen LogP contribution < -0.4 is 20.7 Å². The molecular formula is C29H25F2N5O7. The quantitative estimate of drug-likeness (QED) is 0.138. The Morgan fingerprint density at radius 1 is 0.930 bits per heavy atom. The molecule has 14 heteroatoms. The van der Waals surface area contributed by atoms with E-state index in [0.29, 0.717) is 11.4 Å². The molecule has 2 aromatic heterocycles. The lowest BCUT2D eigenvalue weighted by molar-refractivity contribution is -0.140. The zero-order chi connectivity index (χ0) is 31.1. The second-order valence-corrected chi connectivity index (χ2v) is 9.28. The first kappa shape index (κ1) is 30.2. The standard InChI is InChI=1S/C29H25F2N5O7/c1-15-2-4-19(30)23(10-15)36-29(42)35-21-5-3-17(12-20(21)31)43-18-8-9-32-25(13-18)24-11-16(14-33-24)27(39)34-22(28(40)41)6-7-26(37)38/h2-5,8-14,22,33H,6-7H2,1H3,(H,34,39)(H,37,38)(H,40,41)(H2,35,36,42). The number of carboxylic acid groups (broad SMARTS) is 2. The number of aryl methyl sites for hydroxylation is 1. The van der Waals surface area contributed by atoms with Crippen LogP contribution in [0.25, 0.3) is 11.4 Å². The van der Waals surface area contributed by atoms with E-state index in [1.165, 1.54) is 54.9 Å². The lowest BCUT2D eigenvalue weighted by Crippen LogP contribution is -2.41. The number of nitrogens with one attached hydrogen (secondary N) is 4. The molecule has 0 aliphatic rings. The number of hydrogen-bond donors (Lipinski definition) is 6.